The van der Waals surface area contributed by atoms with Gasteiger partial charge in [-0.1, -0.05) is 29.8 Å². The van der Waals surface area contributed by atoms with Gasteiger partial charge in [0.25, 0.3) is 5.91 Å². The van der Waals surface area contributed by atoms with Gasteiger partial charge in [-0.2, -0.15) is 5.10 Å². The molecule has 3 heterocycles. The molecule has 5 rings (SSSR count). The summed E-state index contributed by atoms with van der Waals surface area (Å²) in [6, 6.07) is 12.7. The number of aryl methyl sites for hydroxylation is 1. The number of amidine groups is 1. The monoisotopic (exact) mass is 377 g/mol. The molecule has 0 aliphatic carbocycles. The number of ether oxygens (including phenoxy) is 1. The second-order valence-electron chi connectivity index (χ2n) is 7.57. The lowest BCUT2D eigenvalue weighted by molar-refractivity contribution is -0.122. The number of rotatable bonds is 3. The Labute approximate surface area is 163 Å². The predicted octanol–water partition coefficient (Wildman–Crippen LogP) is 2.08. The first kappa shape index (κ1) is 17.1. The Morgan fingerprint density at radius 1 is 1.25 bits per heavy atom. The minimum Gasteiger partial charge on any atom is -0.483 e. The summed E-state index contributed by atoms with van der Waals surface area (Å²) in [7, 11) is 0. The Morgan fingerprint density at radius 2 is 2.11 bits per heavy atom. The van der Waals surface area contributed by atoms with E-state index < -0.39 is 0 Å². The summed E-state index contributed by atoms with van der Waals surface area (Å²) in [5.74, 6) is 1.38. The van der Waals surface area contributed by atoms with Gasteiger partial charge >= 0.3 is 0 Å². The van der Waals surface area contributed by atoms with E-state index in [1.165, 1.54) is 5.56 Å². The van der Waals surface area contributed by atoms with Gasteiger partial charge in [0, 0.05) is 24.3 Å². The van der Waals surface area contributed by atoms with Crippen LogP contribution in [0.5, 0.6) is 5.75 Å². The molecule has 0 spiro atoms. The zero-order valence-corrected chi connectivity index (χ0v) is 16.0. The average molecular weight is 377 g/mol. The summed E-state index contributed by atoms with van der Waals surface area (Å²) >= 11 is 0. The first-order chi connectivity index (χ1) is 13.6. The number of benzene rings is 2. The first-order valence-corrected chi connectivity index (χ1v) is 9.61. The number of carbonyl (C=O) groups excluding carboxylic acids is 1. The van der Waals surface area contributed by atoms with Crippen molar-refractivity contribution in [2.45, 2.75) is 25.9 Å². The van der Waals surface area contributed by atoms with Gasteiger partial charge in [-0.15, -0.1) is 0 Å². The predicted molar refractivity (Wildman–Crippen MR) is 110 cm³/mol. The molecular weight excluding hydrogens is 354 g/mol. The quantitative estimate of drug-likeness (QED) is 0.763. The third-order valence-electron chi connectivity index (χ3n) is 5.53. The smallest absolute Gasteiger partial charge is 0.262 e. The van der Waals surface area contributed by atoms with E-state index in [0.717, 1.165) is 47.2 Å². The Kier molecular flexibility index (Phi) is 3.98. The lowest BCUT2D eigenvalue weighted by Gasteiger charge is -2.39. The van der Waals surface area contributed by atoms with Gasteiger partial charge in [0.1, 0.15) is 18.4 Å². The Bertz CT molecular complexity index is 983. The van der Waals surface area contributed by atoms with E-state index in [0.29, 0.717) is 12.6 Å². The van der Waals surface area contributed by atoms with Crippen LogP contribution in [0.1, 0.15) is 12.5 Å². The van der Waals surface area contributed by atoms with Crippen molar-refractivity contribution in [3.05, 3.63) is 42.0 Å². The third-order valence-corrected chi connectivity index (χ3v) is 5.53. The summed E-state index contributed by atoms with van der Waals surface area (Å²) in [5, 5.41) is 11.1. The molecule has 1 fully saturated rings. The highest BCUT2D eigenvalue weighted by atomic mass is 16.5. The molecule has 7 nitrogen and oxygen atoms in total. The number of hydrogen-bond donors (Lipinski definition) is 3. The molecule has 3 aliphatic rings. The van der Waals surface area contributed by atoms with E-state index in [9.17, 15) is 4.79 Å². The first-order valence-electron chi connectivity index (χ1n) is 9.61. The molecule has 1 saturated heterocycles. The van der Waals surface area contributed by atoms with Crippen LogP contribution in [-0.2, 0) is 4.79 Å². The molecule has 0 radical (unpaired) electrons. The highest BCUT2D eigenvalue weighted by Gasteiger charge is 2.36. The molecule has 2 aromatic rings. The fourth-order valence-corrected chi connectivity index (χ4v) is 3.85. The molecule has 28 heavy (non-hydrogen) atoms. The number of fused-ring (bicyclic) bond motifs is 3. The fraction of sp³-hybridized carbons (Fsp3) is 0.333. The fourth-order valence-electron chi connectivity index (χ4n) is 3.85. The third kappa shape index (κ3) is 2.79. The summed E-state index contributed by atoms with van der Waals surface area (Å²) in [6.07, 6.45) is 0. The van der Waals surface area contributed by atoms with E-state index in [1.54, 1.807) is 0 Å². The Morgan fingerprint density at radius 3 is 2.86 bits per heavy atom. The molecule has 7 heteroatoms. The lowest BCUT2D eigenvalue weighted by atomic mass is 9.98. The molecule has 0 aromatic heterocycles. The van der Waals surface area contributed by atoms with Crippen molar-refractivity contribution in [3.63, 3.8) is 0 Å². The van der Waals surface area contributed by atoms with Crippen LogP contribution >= 0.6 is 0 Å². The van der Waals surface area contributed by atoms with Crippen LogP contribution in [-0.4, -0.2) is 43.5 Å². The minimum absolute atomic E-state index is 0.114. The van der Waals surface area contributed by atoms with Crippen LogP contribution in [0.2, 0.25) is 0 Å². The van der Waals surface area contributed by atoms with Gasteiger partial charge in [0.2, 0.25) is 0 Å². The van der Waals surface area contributed by atoms with E-state index >= 15 is 0 Å². The number of nitrogens with one attached hydrogen (secondary N) is 3. The largest absolute Gasteiger partial charge is 0.483 e. The number of anilines is 2. The minimum atomic E-state index is -0.335. The molecule has 0 bridgehead atoms. The topological polar surface area (TPSA) is 78.0 Å². The zero-order chi connectivity index (χ0) is 19.3. The molecular formula is C21H23N5O2. The van der Waals surface area contributed by atoms with Gasteiger partial charge in [0.15, 0.2) is 5.84 Å². The normalized spacial score (nSPS) is 20.9. The molecule has 3 aliphatic heterocycles. The second kappa shape index (κ2) is 6.53. The van der Waals surface area contributed by atoms with Gasteiger partial charge in [-0.05, 0) is 31.5 Å². The number of nitrogens with zero attached hydrogens (tertiary/aromatic N) is 2. The van der Waals surface area contributed by atoms with E-state index in [4.69, 9.17) is 4.74 Å². The molecule has 1 atom stereocenters. The van der Waals surface area contributed by atoms with E-state index in [2.05, 4.69) is 64.5 Å². The van der Waals surface area contributed by atoms with Crippen molar-refractivity contribution in [2.75, 3.05) is 29.9 Å². The summed E-state index contributed by atoms with van der Waals surface area (Å²) in [6.45, 7) is 6.20. The van der Waals surface area contributed by atoms with Crippen LogP contribution in [0.3, 0.4) is 0 Å². The lowest BCUT2D eigenvalue weighted by Crippen LogP contribution is -2.55. The van der Waals surface area contributed by atoms with Crippen LogP contribution in [0.25, 0.3) is 11.1 Å². The molecule has 144 valence electrons. The van der Waals surface area contributed by atoms with Crippen LogP contribution < -0.4 is 25.7 Å². The number of carbonyl (C=O) groups is 1. The Hall–Kier alpha value is -3.06. The van der Waals surface area contributed by atoms with Crippen LogP contribution in [0.4, 0.5) is 11.4 Å². The summed E-state index contributed by atoms with van der Waals surface area (Å²) in [5.41, 5.74) is 7.94. The van der Waals surface area contributed by atoms with Crippen LogP contribution in [0, 0.1) is 6.92 Å². The zero-order valence-electron chi connectivity index (χ0n) is 16.0. The highest BCUT2D eigenvalue weighted by Crippen LogP contribution is 2.43. The van der Waals surface area contributed by atoms with Gasteiger partial charge < -0.3 is 20.3 Å². The van der Waals surface area contributed by atoms with Crippen molar-refractivity contribution in [1.82, 2.24) is 10.7 Å². The van der Waals surface area contributed by atoms with Crippen molar-refractivity contribution >= 4 is 23.1 Å². The van der Waals surface area contributed by atoms with Gasteiger partial charge in [-0.25, -0.2) is 5.43 Å². The molecule has 0 saturated carbocycles. The number of hydrogen-bond acceptors (Lipinski definition) is 6. The summed E-state index contributed by atoms with van der Waals surface area (Å²) in [4.78, 5) is 14.2. The average Bonchev–Trinajstić information content (AvgIpc) is 2.66. The maximum atomic E-state index is 12.2. The standard InChI is InChI=1S/C21H23N5O2/c1-12-4-3-5-14(6-12)16-7-19-18(8-17(16)23-15-9-22-10-15)26-13(2)21(27)25-24-20(26)11-28-19/h3-8,13,15,22-23H,9-11H2,1-2H3,(H,25,27). The SMILES string of the molecule is Cc1cccc(-c2cc3c(cc2NC2CNC2)N2C(=NNC(=O)C2C)CO3)c1. The number of amides is 1. The van der Waals surface area contributed by atoms with Crippen molar-refractivity contribution in [2.24, 2.45) is 5.10 Å². The molecule has 1 unspecified atom stereocenters. The van der Waals surface area contributed by atoms with Crippen molar-refractivity contribution < 1.29 is 9.53 Å². The van der Waals surface area contributed by atoms with Crippen molar-refractivity contribution in [3.8, 4) is 16.9 Å². The maximum Gasteiger partial charge on any atom is 0.262 e. The highest BCUT2D eigenvalue weighted by molar-refractivity contribution is 6.10. The van der Waals surface area contributed by atoms with Gasteiger partial charge in [-0.3, -0.25) is 4.79 Å². The Balaban J connectivity index is 1.64. The molecule has 1 amide bonds. The van der Waals surface area contributed by atoms with E-state index in [-0.39, 0.29) is 11.9 Å². The molecule has 2 aromatic carbocycles. The number of hydrazone groups is 1. The van der Waals surface area contributed by atoms with Crippen molar-refractivity contribution in [1.29, 1.82) is 0 Å². The summed E-state index contributed by atoms with van der Waals surface area (Å²) < 4.78 is 6.01. The van der Waals surface area contributed by atoms with Crippen LogP contribution in [0.15, 0.2) is 41.5 Å². The second-order valence-corrected chi connectivity index (χ2v) is 7.57. The van der Waals surface area contributed by atoms with Gasteiger partial charge in [0.05, 0.1) is 11.7 Å². The van der Waals surface area contributed by atoms with E-state index in [1.807, 2.05) is 11.8 Å². The molecule has 3 N–H and O–H groups in total. The maximum absolute atomic E-state index is 12.2.